The zero-order chi connectivity index (χ0) is 43.3. The molecule has 10 aromatic carbocycles. The van der Waals surface area contributed by atoms with E-state index in [1.165, 1.54) is 33.0 Å². The Hall–Kier alpha value is -8.60. The highest BCUT2D eigenvalue weighted by atomic mass is 16.3. The summed E-state index contributed by atoms with van der Waals surface area (Å²) in [6, 6.07) is 87.3. The van der Waals surface area contributed by atoms with Crippen LogP contribution in [0.4, 0.5) is 34.1 Å². The van der Waals surface area contributed by atoms with Gasteiger partial charge in [-0.25, -0.2) is 0 Å². The second-order valence-corrected chi connectivity index (χ2v) is 16.7. The molecule has 4 nitrogen and oxygen atoms in total. The van der Waals surface area contributed by atoms with Crippen LogP contribution < -0.4 is 9.80 Å². The highest BCUT2D eigenvalue weighted by Crippen LogP contribution is 2.45. The summed E-state index contributed by atoms with van der Waals surface area (Å²) in [5, 5.41) is 4.59. The van der Waals surface area contributed by atoms with Crippen molar-refractivity contribution in [1.29, 1.82) is 0 Å². The van der Waals surface area contributed by atoms with E-state index in [9.17, 15) is 0 Å². The van der Waals surface area contributed by atoms with Crippen molar-refractivity contribution in [2.24, 2.45) is 0 Å². The molecule has 0 atom stereocenters. The highest BCUT2D eigenvalue weighted by Gasteiger charge is 2.22. The van der Waals surface area contributed by atoms with Gasteiger partial charge in [0.15, 0.2) is 0 Å². The number of aryl methyl sites for hydroxylation is 1. The van der Waals surface area contributed by atoms with Crippen LogP contribution in [0.3, 0.4) is 0 Å². The SMILES string of the molecule is Cc1cccc(N(c2ccc(-c3ccccc3)cc2)c2cc(N(c3ccc(-c4ccccc4)cc3)c3ccc4oc5ccccc5c4c3)cc(-n3c4ccccc4c4ccccc43)c2)c1. The van der Waals surface area contributed by atoms with Gasteiger partial charge < -0.3 is 18.8 Å². The third-order valence-corrected chi connectivity index (χ3v) is 12.6. The molecule has 308 valence electrons. The largest absolute Gasteiger partial charge is 0.456 e. The molecule has 0 saturated heterocycles. The van der Waals surface area contributed by atoms with Crippen LogP contribution in [0, 0.1) is 6.92 Å². The number of aromatic nitrogens is 1. The summed E-state index contributed by atoms with van der Waals surface area (Å²) < 4.78 is 8.80. The molecule has 0 bridgehead atoms. The van der Waals surface area contributed by atoms with Crippen molar-refractivity contribution in [2.45, 2.75) is 6.92 Å². The van der Waals surface area contributed by atoms with Gasteiger partial charge in [-0.3, -0.25) is 0 Å². The number of anilines is 6. The normalized spacial score (nSPS) is 11.5. The van der Waals surface area contributed by atoms with E-state index in [0.29, 0.717) is 0 Å². The number of hydrogen-bond donors (Lipinski definition) is 0. The van der Waals surface area contributed by atoms with E-state index in [2.05, 4.69) is 252 Å². The molecule has 4 heteroatoms. The Labute approximate surface area is 378 Å². The van der Waals surface area contributed by atoms with E-state index < -0.39 is 0 Å². The first-order valence-electron chi connectivity index (χ1n) is 22.2. The van der Waals surface area contributed by atoms with Crippen LogP contribution in [0.25, 0.3) is 71.7 Å². The topological polar surface area (TPSA) is 24.6 Å². The van der Waals surface area contributed by atoms with Crippen molar-refractivity contribution < 1.29 is 4.42 Å². The van der Waals surface area contributed by atoms with Crippen LogP contribution >= 0.6 is 0 Å². The van der Waals surface area contributed by atoms with Crippen molar-refractivity contribution in [2.75, 3.05) is 9.80 Å². The maximum atomic E-state index is 6.38. The zero-order valence-corrected chi connectivity index (χ0v) is 35.8. The summed E-state index contributed by atoms with van der Waals surface area (Å²) in [5.41, 5.74) is 17.2. The van der Waals surface area contributed by atoms with Crippen LogP contribution in [0.1, 0.15) is 5.56 Å². The van der Waals surface area contributed by atoms with Crippen LogP contribution in [-0.4, -0.2) is 4.57 Å². The van der Waals surface area contributed by atoms with Gasteiger partial charge in [0.05, 0.1) is 28.1 Å². The van der Waals surface area contributed by atoms with Gasteiger partial charge in [0.1, 0.15) is 11.2 Å². The van der Waals surface area contributed by atoms with Gasteiger partial charge in [0.2, 0.25) is 0 Å². The molecular formula is C61H43N3O. The summed E-state index contributed by atoms with van der Waals surface area (Å²) in [4.78, 5) is 4.79. The number of furan rings is 1. The van der Waals surface area contributed by atoms with Crippen LogP contribution in [0.2, 0.25) is 0 Å². The lowest BCUT2D eigenvalue weighted by Gasteiger charge is -2.31. The summed E-state index contributed by atoms with van der Waals surface area (Å²) in [5.74, 6) is 0. The minimum atomic E-state index is 0.860. The Bertz CT molecular complexity index is 3610. The first-order chi connectivity index (χ1) is 32.1. The summed E-state index contributed by atoms with van der Waals surface area (Å²) in [6.45, 7) is 2.16. The van der Waals surface area contributed by atoms with Crippen molar-refractivity contribution in [1.82, 2.24) is 4.57 Å². The van der Waals surface area contributed by atoms with Crippen molar-refractivity contribution in [3.05, 3.63) is 248 Å². The molecule has 12 aromatic rings. The number of rotatable bonds is 9. The molecule has 0 aliphatic heterocycles. The smallest absolute Gasteiger partial charge is 0.135 e. The van der Waals surface area contributed by atoms with E-state index in [-0.39, 0.29) is 0 Å². The fraction of sp³-hybridized carbons (Fsp3) is 0.0164. The molecule has 12 rings (SSSR count). The average molecular weight is 834 g/mol. The lowest BCUT2D eigenvalue weighted by Crippen LogP contribution is -2.14. The molecule has 0 aliphatic carbocycles. The molecule has 0 radical (unpaired) electrons. The highest BCUT2D eigenvalue weighted by molar-refractivity contribution is 6.10. The predicted molar refractivity (Wildman–Crippen MR) is 273 cm³/mol. The third-order valence-electron chi connectivity index (χ3n) is 12.6. The van der Waals surface area contributed by atoms with E-state index in [1.54, 1.807) is 0 Å². The molecule has 2 heterocycles. The Kier molecular flexibility index (Phi) is 9.35. The van der Waals surface area contributed by atoms with Gasteiger partial charge in [-0.05, 0) is 126 Å². The van der Waals surface area contributed by atoms with Crippen molar-refractivity contribution in [3.63, 3.8) is 0 Å². The molecule has 0 fully saturated rings. The molecule has 0 amide bonds. The number of benzene rings is 10. The quantitative estimate of drug-likeness (QED) is 0.145. The standard InChI is InChI=1S/C61H43N3O/c1-42-15-14-20-49(37-42)62(47-31-27-45(28-32-47)43-16-4-2-5-17-43)51-38-52(40-53(39-51)64-58-24-11-8-21-54(58)55-22-9-12-25-59(55)64)63(48-33-29-46(30-34-48)44-18-6-3-7-19-44)50-35-36-61-57(41-50)56-23-10-13-26-60(56)65-61/h2-41H,1H3. The molecule has 0 spiro atoms. The van der Waals surface area contributed by atoms with Gasteiger partial charge in [0, 0.05) is 44.3 Å². The third kappa shape index (κ3) is 6.89. The number of hydrogen-bond acceptors (Lipinski definition) is 3. The molecule has 0 saturated carbocycles. The van der Waals surface area contributed by atoms with Crippen LogP contribution in [0.15, 0.2) is 247 Å². The van der Waals surface area contributed by atoms with Crippen LogP contribution in [0.5, 0.6) is 0 Å². The van der Waals surface area contributed by atoms with E-state index in [0.717, 1.165) is 78.3 Å². The van der Waals surface area contributed by atoms with Crippen LogP contribution in [-0.2, 0) is 0 Å². The van der Waals surface area contributed by atoms with Gasteiger partial charge in [0.25, 0.3) is 0 Å². The first kappa shape index (κ1) is 38.1. The van der Waals surface area contributed by atoms with Gasteiger partial charge in [-0.2, -0.15) is 0 Å². The molecule has 0 unspecified atom stereocenters. The fourth-order valence-corrected chi connectivity index (χ4v) is 9.55. The Morgan fingerprint density at radius 1 is 0.308 bits per heavy atom. The minimum Gasteiger partial charge on any atom is -0.456 e. The summed E-state index contributed by atoms with van der Waals surface area (Å²) in [6.07, 6.45) is 0. The molecule has 0 aliphatic rings. The minimum absolute atomic E-state index is 0.860. The van der Waals surface area contributed by atoms with Gasteiger partial charge in [-0.15, -0.1) is 0 Å². The van der Waals surface area contributed by atoms with Gasteiger partial charge >= 0.3 is 0 Å². The van der Waals surface area contributed by atoms with E-state index >= 15 is 0 Å². The Morgan fingerprint density at radius 2 is 0.769 bits per heavy atom. The maximum Gasteiger partial charge on any atom is 0.135 e. The molecule has 65 heavy (non-hydrogen) atoms. The molecule has 0 N–H and O–H groups in total. The van der Waals surface area contributed by atoms with Crippen molar-refractivity contribution >= 4 is 77.9 Å². The second-order valence-electron chi connectivity index (χ2n) is 16.7. The van der Waals surface area contributed by atoms with Crippen molar-refractivity contribution in [3.8, 4) is 27.9 Å². The Balaban J connectivity index is 1.13. The number of fused-ring (bicyclic) bond motifs is 6. The average Bonchev–Trinajstić information content (AvgIpc) is 3.91. The Morgan fingerprint density at radius 3 is 1.34 bits per heavy atom. The maximum absolute atomic E-state index is 6.38. The van der Waals surface area contributed by atoms with E-state index in [1.807, 2.05) is 12.1 Å². The monoisotopic (exact) mass is 833 g/mol. The predicted octanol–water partition coefficient (Wildman–Crippen LogP) is 17.3. The summed E-state index contributed by atoms with van der Waals surface area (Å²) >= 11 is 0. The van der Waals surface area contributed by atoms with E-state index in [4.69, 9.17) is 4.42 Å². The number of para-hydroxylation sites is 3. The lowest BCUT2D eigenvalue weighted by atomic mass is 10.0. The molecular weight excluding hydrogens is 791 g/mol. The summed E-state index contributed by atoms with van der Waals surface area (Å²) in [7, 11) is 0. The zero-order valence-electron chi connectivity index (χ0n) is 35.8. The van der Waals surface area contributed by atoms with Gasteiger partial charge in [-0.1, -0.05) is 152 Å². The molecule has 2 aromatic heterocycles. The fourth-order valence-electron chi connectivity index (χ4n) is 9.55. The number of nitrogens with zero attached hydrogens (tertiary/aromatic N) is 3. The lowest BCUT2D eigenvalue weighted by molar-refractivity contribution is 0.669. The first-order valence-corrected chi connectivity index (χ1v) is 22.2. The second kappa shape index (κ2) is 15.9.